The standard InChI is InChI=1S/C22H17F2N5O2/c1-11-17(24)4-12(6-25-11)14-5-19-22(29-10-27-28-21(14)29)26-7-15-16(23)2-3-18-20(15)13(8-30-18)9-31-19/h2-6,10,13,26H,7-9H2,1H3/t13-/m1/s1. The topological polar surface area (TPSA) is 73.6 Å². The number of nitrogens with zero attached hydrogens (tertiary/aromatic N) is 4. The molecule has 2 aliphatic rings. The molecule has 156 valence electrons. The van der Waals surface area contributed by atoms with Gasteiger partial charge >= 0.3 is 0 Å². The lowest BCUT2D eigenvalue weighted by atomic mass is 9.96. The molecule has 6 rings (SSSR count). The van der Waals surface area contributed by atoms with Crippen LogP contribution in [0, 0.1) is 18.6 Å². The Bertz CT molecular complexity index is 1350. The highest BCUT2D eigenvalue weighted by atomic mass is 19.1. The second kappa shape index (κ2) is 6.63. The number of halogens is 2. The number of fused-ring (bicyclic) bond motifs is 3. The Kier molecular flexibility index (Phi) is 3.86. The van der Waals surface area contributed by atoms with Crippen molar-refractivity contribution in [3.8, 4) is 22.6 Å². The molecule has 3 aromatic heterocycles. The van der Waals surface area contributed by atoms with Gasteiger partial charge in [0.25, 0.3) is 0 Å². The van der Waals surface area contributed by atoms with Crippen LogP contribution in [0.5, 0.6) is 11.5 Å². The molecule has 0 saturated heterocycles. The van der Waals surface area contributed by atoms with E-state index in [1.165, 1.54) is 12.1 Å². The summed E-state index contributed by atoms with van der Waals surface area (Å²) in [5.41, 5.74) is 3.43. The zero-order chi connectivity index (χ0) is 21.1. The molecule has 5 heterocycles. The van der Waals surface area contributed by atoms with Crippen LogP contribution in [-0.2, 0) is 6.54 Å². The maximum absolute atomic E-state index is 14.7. The van der Waals surface area contributed by atoms with E-state index in [-0.39, 0.29) is 18.3 Å². The van der Waals surface area contributed by atoms with Gasteiger partial charge in [-0.05, 0) is 31.2 Å². The summed E-state index contributed by atoms with van der Waals surface area (Å²) in [6.07, 6.45) is 3.14. The Balaban J connectivity index is 1.52. The molecule has 0 aliphatic carbocycles. The summed E-state index contributed by atoms with van der Waals surface area (Å²) in [6, 6.07) is 6.30. The van der Waals surface area contributed by atoms with Gasteiger partial charge in [0.1, 0.15) is 23.7 Å². The Morgan fingerprint density at radius 3 is 2.77 bits per heavy atom. The van der Waals surface area contributed by atoms with Crippen LogP contribution in [0.4, 0.5) is 14.6 Å². The van der Waals surface area contributed by atoms with E-state index in [0.29, 0.717) is 58.6 Å². The Labute approximate surface area is 175 Å². The van der Waals surface area contributed by atoms with Gasteiger partial charge in [-0.15, -0.1) is 10.2 Å². The number of ether oxygens (including phenoxy) is 2. The third-order valence-electron chi connectivity index (χ3n) is 5.86. The molecule has 0 radical (unpaired) electrons. The number of nitrogens with one attached hydrogen (secondary N) is 1. The van der Waals surface area contributed by atoms with Gasteiger partial charge in [0.2, 0.25) is 0 Å². The lowest BCUT2D eigenvalue weighted by Crippen LogP contribution is -2.13. The molecule has 2 aliphatic heterocycles. The van der Waals surface area contributed by atoms with Gasteiger partial charge in [0.15, 0.2) is 17.2 Å². The van der Waals surface area contributed by atoms with E-state index in [1.807, 2.05) is 0 Å². The Hall–Kier alpha value is -3.75. The number of pyridine rings is 2. The Morgan fingerprint density at radius 2 is 1.94 bits per heavy atom. The first-order chi connectivity index (χ1) is 15.1. The zero-order valence-electron chi connectivity index (χ0n) is 16.5. The summed E-state index contributed by atoms with van der Waals surface area (Å²) in [7, 11) is 0. The fourth-order valence-electron chi connectivity index (χ4n) is 4.25. The number of hydrogen-bond acceptors (Lipinski definition) is 6. The SMILES string of the molecule is Cc1ncc(-c2cc3c(n4cnnc24)NCc2c(F)ccc4c2[C@H](CO4)CO3)cc1F. The monoisotopic (exact) mass is 421 g/mol. The van der Waals surface area contributed by atoms with E-state index in [0.717, 1.165) is 5.56 Å². The van der Waals surface area contributed by atoms with Crippen molar-refractivity contribution in [2.45, 2.75) is 19.4 Å². The number of benzene rings is 1. The first kappa shape index (κ1) is 18.1. The van der Waals surface area contributed by atoms with Crippen molar-refractivity contribution in [1.82, 2.24) is 19.6 Å². The number of anilines is 1. The normalized spacial score (nSPS) is 16.9. The molecule has 0 spiro atoms. The van der Waals surface area contributed by atoms with Crippen molar-refractivity contribution < 1.29 is 18.3 Å². The molecular formula is C22H17F2N5O2. The largest absolute Gasteiger partial charge is 0.493 e. The zero-order valence-corrected chi connectivity index (χ0v) is 16.5. The molecule has 9 heteroatoms. The lowest BCUT2D eigenvalue weighted by Gasteiger charge is -2.16. The minimum atomic E-state index is -0.403. The summed E-state index contributed by atoms with van der Waals surface area (Å²) in [5, 5.41) is 11.5. The Morgan fingerprint density at radius 1 is 1.10 bits per heavy atom. The molecule has 0 fully saturated rings. The minimum Gasteiger partial charge on any atom is -0.493 e. The second-order valence-corrected chi connectivity index (χ2v) is 7.70. The molecular weight excluding hydrogens is 404 g/mol. The van der Waals surface area contributed by atoms with E-state index in [9.17, 15) is 8.78 Å². The van der Waals surface area contributed by atoms with Crippen LogP contribution >= 0.6 is 0 Å². The van der Waals surface area contributed by atoms with Crippen LogP contribution in [0.15, 0.2) is 36.8 Å². The third-order valence-corrected chi connectivity index (χ3v) is 5.86. The maximum atomic E-state index is 14.7. The molecule has 7 nitrogen and oxygen atoms in total. The van der Waals surface area contributed by atoms with Gasteiger partial charge in [0, 0.05) is 35.0 Å². The van der Waals surface area contributed by atoms with E-state index < -0.39 is 5.82 Å². The van der Waals surface area contributed by atoms with Gasteiger partial charge < -0.3 is 14.8 Å². The average molecular weight is 421 g/mol. The predicted octanol–water partition coefficient (Wildman–Crippen LogP) is 3.86. The van der Waals surface area contributed by atoms with Gasteiger partial charge in [-0.1, -0.05) is 0 Å². The van der Waals surface area contributed by atoms with Gasteiger partial charge in [0.05, 0.1) is 24.8 Å². The number of hydrogen-bond donors (Lipinski definition) is 1. The van der Waals surface area contributed by atoms with E-state index >= 15 is 0 Å². The lowest BCUT2D eigenvalue weighted by molar-refractivity contribution is 0.249. The first-order valence-electron chi connectivity index (χ1n) is 9.90. The van der Waals surface area contributed by atoms with E-state index in [4.69, 9.17) is 9.47 Å². The molecule has 0 amide bonds. The molecule has 1 N–H and O–H groups in total. The van der Waals surface area contributed by atoms with Gasteiger partial charge in [-0.3, -0.25) is 9.38 Å². The van der Waals surface area contributed by atoms with Crippen LogP contribution in [-0.4, -0.2) is 32.8 Å². The first-order valence-corrected chi connectivity index (χ1v) is 9.90. The van der Waals surface area contributed by atoms with Crippen LogP contribution < -0.4 is 14.8 Å². The van der Waals surface area contributed by atoms with Crippen molar-refractivity contribution in [1.29, 1.82) is 0 Å². The minimum absolute atomic E-state index is 0.0907. The third kappa shape index (κ3) is 2.73. The average Bonchev–Trinajstić information content (AvgIpc) is 3.41. The van der Waals surface area contributed by atoms with E-state index in [1.54, 1.807) is 36.0 Å². The summed E-state index contributed by atoms with van der Waals surface area (Å²) < 4.78 is 42.5. The smallest absolute Gasteiger partial charge is 0.170 e. The van der Waals surface area contributed by atoms with E-state index in [2.05, 4.69) is 20.5 Å². The number of aromatic nitrogens is 4. The molecule has 4 aromatic rings. The molecule has 1 aromatic carbocycles. The highest BCUT2D eigenvalue weighted by Gasteiger charge is 2.31. The molecule has 0 saturated carbocycles. The van der Waals surface area contributed by atoms with Gasteiger partial charge in [-0.25, -0.2) is 8.78 Å². The van der Waals surface area contributed by atoms with Crippen molar-refractivity contribution in [2.24, 2.45) is 0 Å². The fraction of sp³-hybridized carbons (Fsp3) is 0.227. The molecule has 1 atom stereocenters. The second-order valence-electron chi connectivity index (χ2n) is 7.70. The quantitative estimate of drug-likeness (QED) is 0.503. The van der Waals surface area contributed by atoms with Crippen molar-refractivity contribution >= 4 is 11.5 Å². The van der Waals surface area contributed by atoms with Crippen molar-refractivity contribution in [3.05, 3.63) is 65.2 Å². The van der Waals surface area contributed by atoms with Crippen LogP contribution in [0.2, 0.25) is 0 Å². The van der Waals surface area contributed by atoms with Crippen LogP contribution in [0.3, 0.4) is 0 Å². The summed E-state index contributed by atoms with van der Waals surface area (Å²) in [4.78, 5) is 4.13. The van der Waals surface area contributed by atoms with Crippen LogP contribution in [0.1, 0.15) is 22.7 Å². The molecule has 31 heavy (non-hydrogen) atoms. The molecule has 0 unspecified atom stereocenters. The molecule has 0 bridgehead atoms. The van der Waals surface area contributed by atoms with Gasteiger partial charge in [-0.2, -0.15) is 0 Å². The summed E-state index contributed by atoms with van der Waals surface area (Å²) >= 11 is 0. The van der Waals surface area contributed by atoms with Crippen LogP contribution in [0.25, 0.3) is 16.8 Å². The summed E-state index contributed by atoms with van der Waals surface area (Å²) in [6.45, 7) is 2.60. The van der Waals surface area contributed by atoms with Crippen molar-refractivity contribution in [3.63, 3.8) is 0 Å². The number of rotatable bonds is 1. The summed E-state index contributed by atoms with van der Waals surface area (Å²) in [5.74, 6) is 1.04. The number of aryl methyl sites for hydroxylation is 1. The van der Waals surface area contributed by atoms with Crippen molar-refractivity contribution in [2.75, 3.05) is 18.5 Å². The maximum Gasteiger partial charge on any atom is 0.170 e. The highest BCUT2D eigenvalue weighted by molar-refractivity contribution is 5.81. The highest BCUT2D eigenvalue weighted by Crippen LogP contribution is 2.41. The predicted molar refractivity (Wildman–Crippen MR) is 108 cm³/mol. The fourth-order valence-corrected chi connectivity index (χ4v) is 4.25.